The van der Waals surface area contributed by atoms with Crippen molar-refractivity contribution in [3.63, 3.8) is 0 Å². The molecule has 0 aromatic heterocycles. The molecule has 0 atom stereocenters. The highest BCUT2D eigenvalue weighted by Crippen LogP contribution is 1.88. The van der Waals surface area contributed by atoms with E-state index in [4.69, 9.17) is 9.47 Å². The Morgan fingerprint density at radius 1 is 1.36 bits per heavy atom. The van der Waals surface area contributed by atoms with E-state index < -0.39 is 0 Å². The summed E-state index contributed by atoms with van der Waals surface area (Å²) in [7, 11) is 4.92. The lowest BCUT2D eigenvalue weighted by atomic mass is 10.5. The second-order valence-corrected chi connectivity index (χ2v) is 2.36. The molecular formula is C7H15NO3. The minimum Gasteiger partial charge on any atom is -0.449 e. The zero-order chi connectivity index (χ0) is 8.69. The minimum atomic E-state index is -0.305. The first-order valence-corrected chi connectivity index (χ1v) is 3.51. The van der Waals surface area contributed by atoms with E-state index >= 15 is 0 Å². The molecule has 4 heteroatoms. The molecule has 0 radical (unpaired) electrons. The van der Waals surface area contributed by atoms with Gasteiger partial charge in [-0.25, -0.2) is 4.79 Å². The average molecular weight is 161 g/mol. The predicted octanol–water partition coefficient (Wildman–Crippen LogP) is 0.721. The van der Waals surface area contributed by atoms with Gasteiger partial charge in [-0.15, -0.1) is 0 Å². The van der Waals surface area contributed by atoms with Crippen LogP contribution in [0.1, 0.15) is 6.42 Å². The Morgan fingerprint density at radius 2 is 2.00 bits per heavy atom. The number of carbonyl (C=O) groups excluding carboxylic acids is 1. The van der Waals surface area contributed by atoms with Crippen LogP contribution in [0.25, 0.3) is 0 Å². The number of rotatable bonds is 4. The van der Waals surface area contributed by atoms with Crippen molar-refractivity contribution < 1.29 is 14.3 Å². The first-order chi connectivity index (χ1) is 5.18. The Bertz CT molecular complexity index is 114. The number of carbonyl (C=O) groups is 1. The number of hydrogen-bond acceptors (Lipinski definition) is 3. The van der Waals surface area contributed by atoms with E-state index in [1.54, 1.807) is 21.2 Å². The molecule has 0 aromatic rings. The standard InChI is InChI=1S/C7H15NO3/c1-8(2)7(9)11-6-4-5-10-3/h4-6H2,1-3H3. The molecule has 0 saturated carbocycles. The number of ether oxygens (including phenoxy) is 2. The van der Waals surface area contributed by atoms with Gasteiger partial charge in [0.1, 0.15) is 0 Å². The number of methoxy groups -OCH3 is 1. The maximum absolute atomic E-state index is 10.8. The fourth-order valence-electron chi connectivity index (χ4n) is 0.492. The molecule has 11 heavy (non-hydrogen) atoms. The van der Waals surface area contributed by atoms with Crippen LogP contribution in [0.2, 0.25) is 0 Å². The van der Waals surface area contributed by atoms with E-state index in [1.165, 1.54) is 4.90 Å². The van der Waals surface area contributed by atoms with Gasteiger partial charge in [0.2, 0.25) is 0 Å². The monoisotopic (exact) mass is 161 g/mol. The van der Waals surface area contributed by atoms with Crippen LogP contribution in [0.15, 0.2) is 0 Å². The van der Waals surface area contributed by atoms with Crippen molar-refractivity contribution in [1.29, 1.82) is 0 Å². The molecule has 0 spiro atoms. The van der Waals surface area contributed by atoms with Crippen LogP contribution in [0.3, 0.4) is 0 Å². The molecule has 0 rings (SSSR count). The molecular weight excluding hydrogens is 146 g/mol. The highest BCUT2D eigenvalue weighted by atomic mass is 16.6. The fraction of sp³-hybridized carbons (Fsp3) is 0.857. The van der Waals surface area contributed by atoms with Gasteiger partial charge in [-0.2, -0.15) is 0 Å². The van der Waals surface area contributed by atoms with Crippen LogP contribution < -0.4 is 0 Å². The third-order valence-electron chi connectivity index (χ3n) is 1.08. The lowest BCUT2D eigenvalue weighted by Gasteiger charge is -2.10. The van der Waals surface area contributed by atoms with Crippen molar-refractivity contribution in [3.8, 4) is 0 Å². The Kier molecular flexibility index (Phi) is 5.56. The maximum atomic E-state index is 10.8. The normalized spacial score (nSPS) is 9.36. The second-order valence-electron chi connectivity index (χ2n) is 2.36. The van der Waals surface area contributed by atoms with Crippen molar-refractivity contribution in [2.24, 2.45) is 0 Å². The van der Waals surface area contributed by atoms with Crippen LogP contribution in [0.5, 0.6) is 0 Å². The lowest BCUT2D eigenvalue weighted by Crippen LogP contribution is -2.23. The van der Waals surface area contributed by atoms with Crippen molar-refractivity contribution in [2.75, 3.05) is 34.4 Å². The fourth-order valence-corrected chi connectivity index (χ4v) is 0.492. The van der Waals surface area contributed by atoms with E-state index in [1.807, 2.05) is 0 Å². The Labute approximate surface area is 67.1 Å². The highest BCUT2D eigenvalue weighted by Gasteiger charge is 2.02. The van der Waals surface area contributed by atoms with E-state index in [9.17, 15) is 4.79 Å². The smallest absolute Gasteiger partial charge is 0.409 e. The van der Waals surface area contributed by atoms with E-state index in [0.29, 0.717) is 13.2 Å². The average Bonchev–Trinajstić information content (AvgIpc) is 1.97. The topological polar surface area (TPSA) is 38.8 Å². The van der Waals surface area contributed by atoms with E-state index in [2.05, 4.69) is 0 Å². The van der Waals surface area contributed by atoms with Crippen molar-refractivity contribution in [1.82, 2.24) is 4.90 Å². The third-order valence-corrected chi connectivity index (χ3v) is 1.08. The van der Waals surface area contributed by atoms with Crippen LogP contribution in [-0.4, -0.2) is 45.4 Å². The molecule has 0 aliphatic carbocycles. The van der Waals surface area contributed by atoms with Crippen molar-refractivity contribution in [2.45, 2.75) is 6.42 Å². The second kappa shape index (κ2) is 5.97. The summed E-state index contributed by atoms with van der Waals surface area (Å²) in [6.45, 7) is 1.05. The summed E-state index contributed by atoms with van der Waals surface area (Å²) in [5.41, 5.74) is 0. The van der Waals surface area contributed by atoms with Gasteiger partial charge in [0, 0.05) is 34.2 Å². The first-order valence-electron chi connectivity index (χ1n) is 3.51. The van der Waals surface area contributed by atoms with Crippen LogP contribution >= 0.6 is 0 Å². The first kappa shape index (κ1) is 10.2. The maximum Gasteiger partial charge on any atom is 0.409 e. The largest absolute Gasteiger partial charge is 0.449 e. The summed E-state index contributed by atoms with van der Waals surface area (Å²) in [4.78, 5) is 12.2. The van der Waals surface area contributed by atoms with Gasteiger partial charge in [0.25, 0.3) is 0 Å². The zero-order valence-electron chi connectivity index (χ0n) is 7.29. The molecule has 0 bridgehead atoms. The lowest BCUT2D eigenvalue weighted by molar-refractivity contribution is 0.103. The number of nitrogens with zero attached hydrogens (tertiary/aromatic N) is 1. The van der Waals surface area contributed by atoms with Crippen LogP contribution in [0.4, 0.5) is 4.79 Å². The van der Waals surface area contributed by atoms with Gasteiger partial charge >= 0.3 is 6.09 Å². The zero-order valence-corrected chi connectivity index (χ0v) is 7.29. The Morgan fingerprint density at radius 3 is 2.45 bits per heavy atom. The summed E-state index contributed by atoms with van der Waals surface area (Å²) in [6.07, 6.45) is 0.442. The number of hydrogen-bond donors (Lipinski definition) is 0. The van der Waals surface area contributed by atoms with E-state index in [-0.39, 0.29) is 6.09 Å². The van der Waals surface area contributed by atoms with Gasteiger partial charge in [-0.05, 0) is 0 Å². The third kappa shape index (κ3) is 5.66. The van der Waals surface area contributed by atoms with Gasteiger partial charge < -0.3 is 14.4 Å². The molecule has 0 fully saturated rings. The minimum absolute atomic E-state index is 0.305. The molecule has 1 amide bonds. The molecule has 0 N–H and O–H groups in total. The summed E-state index contributed by atoms with van der Waals surface area (Å²) in [5.74, 6) is 0. The van der Waals surface area contributed by atoms with Gasteiger partial charge in [0.05, 0.1) is 6.61 Å². The highest BCUT2D eigenvalue weighted by molar-refractivity contribution is 5.66. The quantitative estimate of drug-likeness (QED) is 0.570. The van der Waals surface area contributed by atoms with Gasteiger partial charge in [-0.1, -0.05) is 0 Å². The molecule has 0 aromatic carbocycles. The molecule has 66 valence electrons. The number of amides is 1. The van der Waals surface area contributed by atoms with Crippen molar-refractivity contribution >= 4 is 6.09 Å². The van der Waals surface area contributed by atoms with Crippen LogP contribution in [-0.2, 0) is 9.47 Å². The van der Waals surface area contributed by atoms with Crippen LogP contribution in [0, 0.1) is 0 Å². The molecule has 0 aliphatic heterocycles. The SMILES string of the molecule is COCCCOC(=O)N(C)C. The molecule has 0 aliphatic rings. The molecule has 4 nitrogen and oxygen atoms in total. The molecule has 0 saturated heterocycles. The summed E-state index contributed by atoms with van der Waals surface area (Å²) < 4.78 is 9.59. The van der Waals surface area contributed by atoms with Gasteiger partial charge in [0.15, 0.2) is 0 Å². The Balaban J connectivity index is 3.18. The molecule has 0 heterocycles. The van der Waals surface area contributed by atoms with Crippen molar-refractivity contribution in [3.05, 3.63) is 0 Å². The summed E-state index contributed by atoms with van der Waals surface area (Å²) >= 11 is 0. The van der Waals surface area contributed by atoms with Gasteiger partial charge in [-0.3, -0.25) is 0 Å². The van der Waals surface area contributed by atoms with E-state index in [0.717, 1.165) is 6.42 Å². The Hall–Kier alpha value is -0.770. The summed E-state index contributed by atoms with van der Waals surface area (Å²) in [5, 5.41) is 0. The predicted molar refractivity (Wildman–Crippen MR) is 41.5 cm³/mol. The summed E-state index contributed by atoms with van der Waals surface area (Å²) in [6, 6.07) is 0. The molecule has 0 unspecified atom stereocenters.